The average molecular weight is 665 g/mol. The number of benzene rings is 9. The molecule has 0 fully saturated rings. The first-order valence-electron chi connectivity index (χ1n) is 28.8. The van der Waals surface area contributed by atoms with Crippen LogP contribution in [-0.4, -0.2) is 0 Å². The molecule has 0 spiro atoms. The van der Waals surface area contributed by atoms with E-state index >= 15 is 0 Å². The van der Waals surface area contributed by atoms with Gasteiger partial charge in [-0.05, 0) is 108 Å². The van der Waals surface area contributed by atoms with Crippen molar-refractivity contribution in [3.63, 3.8) is 0 Å². The molecule has 0 radical (unpaired) electrons. The van der Waals surface area contributed by atoms with Gasteiger partial charge in [0.1, 0.15) is 22.3 Å². The lowest BCUT2D eigenvalue weighted by atomic mass is 9.85. The Morgan fingerprint density at radius 2 is 0.800 bits per heavy atom. The fourth-order valence-electron chi connectivity index (χ4n) is 6.25. The van der Waals surface area contributed by atoms with Crippen molar-refractivity contribution in [2.24, 2.45) is 0 Å². The Balaban J connectivity index is 1.35. The van der Waals surface area contributed by atoms with E-state index in [0.29, 0.717) is 0 Å². The molecule has 11 rings (SSSR count). The molecule has 2 aromatic heterocycles. The predicted molar refractivity (Wildman–Crippen MR) is 210 cm³/mol. The second kappa shape index (κ2) is 10.4. The molecule has 0 saturated heterocycles. The molecular formula is C48H28O2. The van der Waals surface area contributed by atoms with Crippen LogP contribution in [0.5, 0.6) is 0 Å². The van der Waals surface area contributed by atoms with E-state index in [1.54, 1.807) is 0 Å². The van der Waals surface area contributed by atoms with Gasteiger partial charge >= 0.3 is 0 Å². The summed E-state index contributed by atoms with van der Waals surface area (Å²) in [5.74, 6) is 0. The summed E-state index contributed by atoms with van der Waals surface area (Å²) in [6.07, 6.45) is 0. The third kappa shape index (κ3) is 3.96. The van der Waals surface area contributed by atoms with Crippen molar-refractivity contribution in [3.8, 4) is 33.4 Å². The Bertz CT molecular complexity index is 4690. The Kier molecular flexibility index (Phi) is 2.45. The van der Waals surface area contributed by atoms with Crippen LogP contribution in [-0.2, 0) is 0 Å². The molecule has 0 unspecified atom stereocenters. The van der Waals surface area contributed by atoms with Gasteiger partial charge < -0.3 is 8.83 Å². The van der Waals surface area contributed by atoms with E-state index < -0.39 is 263 Å². The largest absolute Gasteiger partial charge is 0.456 e. The van der Waals surface area contributed by atoms with E-state index in [4.69, 9.17) is 29.4 Å². The first kappa shape index (κ1) is 11.8. The van der Waals surface area contributed by atoms with Gasteiger partial charge in [0.2, 0.25) is 0 Å². The molecule has 0 N–H and O–H groups in total. The highest BCUT2D eigenvalue weighted by Gasteiger charge is 2.19. The van der Waals surface area contributed by atoms with Crippen LogP contribution >= 0.6 is 0 Å². The molecule has 9 aromatic carbocycles. The number of furan rings is 2. The van der Waals surface area contributed by atoms with E-state index in [0.717, 1.165) is 0 Å². The molecule has 50 heavy (non-hydrogen) atoms. The number of hydrogen-bond acceptors (Lipinski definition) is 2. The van der Waals surface area contributed by atoms with Crippen molar-refractivity contribution in [1.29, 1.82) is 0 Å². The zero-order chi connectivity index (χ0) is 57.1. The molecule has 0 saturated carbocycles. The first-order chi connectivity index (χ1) is 36.5. The topological polar surface area (TPSA) is 26.3 Å². The molecular weight excluding hydrogens is 609 g/mol. The third-order valence-electron chi connectivity index (χ3n) is 8.33. The van der Waals surface area contributed by atoms with Crippen LogP contribution in [0.15, 0.2) is 178 Å². The van der Waals surface area contributed by atoms with E-state index in [2.05, 4.69) is 0 Å². The highest BCUT2D eigenvalue weighted by atomic mass is 16.3. The highest BCUT2D eigenvalue weighted by molar-refractivity contribution is 6.26. The molecule has 0 aliphatic heterocycles. The lowest BCUT2D eigenvalue weighted by Crippen LogP contribution is -1.91. The summed E-state index contributed by atoms with van der Waals surface area (Å²) in [5, 5.41) is -5.48. The maximum absolute atomic E-state index is 9.91. The molecule has 2 nitrogen and oxygen atoms in total. The molecule has 0 aliphatic carbocycles. The Labute approximate surface area is 326 Å². The van der Waals surface area contributed by atoms with Crippen LogP contribution in [0.4, 0.5) is 0 Å². The third-order valence-corrected chi connectivity index (χ3v) is 8.33. The SMILES string of the molecule is [2H]c1c([2H])c(-c2c([2H])c([2H])c3c(oc4c([2H])c([2H])c5oc6c([2H])c([2H])c([2H])c([2H])c6c5c43)c2[2H])c([2H])c(-c2c3c([2H])c([2H])c([2H])c([2H])c3c(-c3c([2H])c([2H])c4c([2H])c([2H])c([2H])c([2H])c4c3[2H])c3c([2H])c([2H])c([2H])c([2H])c23)c1[2H]. The second-order valence-electron chi connectivity index (χ2n) is 11.0. The summed E-state index contributed by atoms with van der Waals surface area (Å²) in [4.78, 5) is 0. The van der Waals surface area contributed by atoms with Crippen LogP contribution in [0.1, 0.15) is 38.4 Å². The fraction of sp³-hybridized carbons (Fsp3) is 0. The quantitative estimate of drug-likeness (QED) is 0.176. The molecule has 2 heterocycles. The molecule has 0 amide bonds. The maximum Gasteiger partial charge on any atom is 0.136 e. The fourth-order valence-corrected chi connectivity index (χ4v) is 6.25. The van der Waals surface area contributed by atoms with Gasteiger partial charge in [0.25, 0.3) is 0 Å². The number of para-hydroxylation sites is 1. The van der Waals surface area contributed by atoms with Crippen molar-refractivity contribution in [3.05, 3.63) is 169 Å². The summed E-state index contributed by atoms with van der Waals surface area (Å²) in [6, 6.07) is -25.3. The smallest absolute Gasteiger partial charge is 0.136 e. The van der Waals surface area contributed by atoms with Crippen molar-refractivity contribution >= 4 is 76.2 Å². The molecule has 232 valence electrons. The van der Waals surface area contributed by atoms with E-state index in [9.17, 15) is 17.8 Å². The Morgan fingerprint density at radius 3 is 1.50 bits per heavy atom. The zero-order valence-corrected chi connectivity index (χ0v) is 24.8. The lowest BCUT2D eigenvalue weighted by Gasteiger charge is -2.18. The maximum atomic E-state index is 9.91. The van der Waals surface area contributed by atoms with Gasteiger partial charge in [-0.25, -0.2) is 0 Å². The first-order valence-corrected chi connectivity index (χ1v) is 14.8. The molecule has 2 heteroatoms. The minimum atomic E-state index is -1.09. The molecule has 0 bridgehead atoms. The Hall–Kier alpha value is -6.64. The number of fused-ring (bicyclic) bond motifs is 10. The van der Waals surface area contributed by atoms with Crippen molar-refractivity contribution < 1.29 is 47.2 Å². The van der Waals surface area contributed by atoms with Gasteiger partial charge in [0, 0.05) is 21.5 Å². The van der Waals surface area contributed by atoms with Crippen LogP contribution in [0, 0.1) is 0 Å². The van der Waals surface area contributed by atoms with Gasteiger partial charge in [-0.3, -0.25) is 0 Å². The molecule has 0 aliphatic rings. The summed E-state index contributed by atoms with van der Waals surface area (Å²) >= 11 is 0. The Morgan fingerprint density at radius 1 is 0.300 bits per heavy atom. The molecule has 0 atom stereocenters. The van der Waals surface area contributed by atoms with Gasteiger partial charge in [-0.15, -0.1) is 0 Å². The van der Waals surface area contributed by atoms with Gasteiger partial charge in [0.05, 0.1) is 38.4 Å². The number of hydrogen-bond donors (Lipinski definition) is 0. The van der Waals surface area contributed by atoms with Crippen LogP contribution in [0.3, 0.4) is 0 Å². The van der Waals surface area contributed by atoms with E-state index in [-0.39, 0.29) is 16.2 Å². The summed E-state index contributed by atoms with van der Waals surface area (Å²) in [6.45, 7) is 0. The predicted octanol–water partition coefficient (Wildman–Crippen LogP) is 13.9. The minimum Gasteiger partial charge on any atom is -0.456 e. The summed E-state index contributed by atoms with van der Waals surface area (Å²) < 4.78 is 265. The summed E-state index contributed by atoms with van der Waals surface area (Å²) in [5.41, 5.74) is -6.85. The van der Waals surface area contributed by atoms with Crippen LogP contribution in [0.2, 0.25) is 0 Å². The van der Waals surface area contributed by atoms with Crippen molar-refractivity contribution in [2.75, 3.05) is 0 Å². The van der Waals surface area contributed by atoms with Crippen molar-refractivity contribution in [2.45, 2.75) is 0 Å². The number of rotatable bonds is 3. The standard InChI is InChI=1S/C48H28O2/c1-2-11-30-26-34(21-20-29(30)10-1)46-37-16-5-3-14-35(37)45(36-15-4-6-17-38(36)46)33-13-9-12-31(27-33)32-22-23-40-44(28-32)50-43-25-24-42-47(48(40)43)39-18-7-8-19-41(39)49-42/h1-28H/i1D,2D,3D,4D,5D,6D,7D,8D,9D,10D,11D,12D,13D,14D,15D,16D,17D,18D,19D,20D,21D,22D,23D,24D,25D,26D,27D,28D. The van der Waals surface area contributed by atoms with Crippen LogP contribution < -0.4 is 0 Å². The van der Waals surface area contributed by atoms with Crippen LogP contribution in [0.25, 0.3) is 110 Å². The van der Waals surface area contributed by atoms with Crippen molar-refractivity contribution in [1.82, 2.24) is 0 Å². The second-order valence-corrected chi connectivity index (χ2v) is 11.0. The van der Waals surface area contributed by atoms with E-state index in [1.807, 2.05) is 0 Å². The summed E-state index contributed by atoms with van der Waals surface area (Å²) in [7, 11) is 0. The monoisotopic (exact) mass is 664 g/mol. The minimum absolute atomic E-state index is 0.234. The van der Waals surface area contributed by atoms with Gasteiger partial charge in [0.15, 0.2) is 0 Å². The zero-order valence-electron chi connectivity index (χ0n) is 52.8. The molecule has 11 aromatic rings. The normalized spacial score (nSPS) is 19.8. The highest BCUT2D eigenvalue weighted by Crippen LogP contribution is 2.45. The average Bonchev–Trinajstić information content (AvgIpc) is 4.01. The van der Waals surface area contributed by atoms with E-state index in [1.165, 1.54) is 0 Å². The van der Waals surface area contributed by atoms with Gasteiger partial charge in [-0.1, -0.05) is 127 Å². The van der Waals surface area contributed by atoms with Gasteiger partial charge in [-0.2, -0.15) is 0 Å². The lowest BCUT2D eigenvalue weighted by molar-refractivity contribution is 0.663.